The van der Waals surface area contributed by atoms with E-state index >= 15 is 4.57 Å². The van der Waals surface area contributed by atoms with Crippen LogP contribution in [-0.4, -0.2) is 32.7 Å². The molecule has 0 bridgehead atoms. The van der Waals surface area contributed by atoms with E-state index in [1.54, 1.807) is 0 Å². The molecule has 9 aromatic rings. The zero-order chi connectivity index (χ0) is 34.6. The highest BCUT2D eigenvalue weighted by Crippen LogP contribution is 2.53. The van der Waals surface area contributed by atoms with E-state index in [9.17, 15) is 0 Å². The van der Waals surface area contributed by atoms with Gasteiger partial charge in [-0.15, -0.1) is 0 Å². The number of nitrogens with zero attached hydrogens (tertiary/aromatic N) is 5. The van der Waals surface area contributed by atoms with Crippen molar-refractivity contribution < 1.29 is 4.57 Å². The van der Waals surface area contributed by atoms with Crippen LogP contribution in [0.1, 0.15) is 0 Å². The fraction of sp³-hybridized carbons (Fsp3) is 0.0444. The molecule has 3 aromatic heterocycles. The Morgan fingerprint density at radius 1 is 0.558 bits per heavy atom. The molecule has 52 heavy (non-hydrogen) atoms. The molecule has 5 heterocycles. The molecule has 0 radical (unpaired) electrons. The van der Waals surface area contributed by atoms with Crippen LogP contribution in [0.4, 0.5) is 5.69 Å². The van der Waals surface area contributed by atoms with E-state index in [4.69, 9.17) is 4.98 Å². The molecule has 2 aliphatic heterocycles. The molecule has 0 saturated carbocycles. The zero-order valence-electron chi connectivity index (χ0n) is 28.4. The first-order valence-corrected chi connectivity index (χ1v) is 19.3. The van der Waals surface area contributed by atoms with Gasteiger partial charge in [0.15, 0.2) is 7.14 Å². The predicted octanol–water partition coefficient (Wildman–Crippen LogP) is 9.07. The van der Waals surface area contributed by atoms with E-state index in [1.807, 2.05) is 36.5 Å². The normalized spacial score (nSPS) is 16.7. The number of hydrogen-bond acceptors (Lipinski definition) is 4. The minimum Gasteiger partial charge on any atom is -0.341 e. The molecule has 11 rings (SSSR count). The van der Waals surface area contributed by atoms with Crippen LogP contribution in [0.25, 0.3) is 66.4 Å². The van der Waals surface area contributed by atoms with Crippen molar-refractivity contribution in [2.75, 3.05) is 18.6 Å². The quantitative estimate of drug-likeness (QED) is 0.173. The number of para-hydroxylation sites is 3. The molecule has 6 aromatic carbocycles. The molecule has 0 saturated heterocycles. The monoisotopic (exact) mass is 689 g/mol. The van der Waals surface area contributed by atoms with Crippen molar-refractivity contribution in [1.29, 1.82) is 0 Å². The van der Waals surface area contributed by atoms with Crippen molar-refractivity contribution in [1.82, 2.24) is 19.0 Å². The Kier molecular flexibility index (Phi) is 6.11. The van der Waals surface area contributed by atoms with E-state index in [0.717, 1.165) is 66.2 Å². The van der Waals surface area contributed by atoms with Gasteiger partial charge in [0, 0.05) is 62.6 Å². The Balaban J connectivity index is 1.09. The Labute approximate surface area is 300 Å². The Morgan fingerprint density at radius 3 is 1.88 bits per heavy atom. The summed E-state index contributed by atoms with van der Waals surface area (Å²) in [6.07, 6.45) is 4.05. The Bertz CT molecular complexity index is 2960. The third kappa shape index (κ3) is 3.96. The maximum Gasteiger partial charge on any atom is 0.172 e. The first-order chi connectivity index (χ1) is 25.6. The summed E-state index contributed by atoms with van der Waals surface area (Å²) in [6.45, 7) is 0.669. The molecule has 0 N–H and O–H groups in total. The number of hydrogen-bond donors (Lipinski definition) is 0. The van der Waals surface area contributed by atoms with Crippen molar-refractivity contribution >= 4 is 78.2 Å². The summed E-state index contributed by atoms with van der Waals surface area (Å²) in [7, 11) is -1.13. The number of aromatic nitrogens is 3. The molecule has 7 heteroatoms. The van der Waals surface area contributed by atoms with Crippen molar-refractivity contribution in [2.45, 2.75) is 0 Å². The molecule has 6 nitrogen and oxygen atoms in total. The van der Waals surface area contributed by atoms with Gasteiger partial charge in [-0.05, 0) is 59.7 Å². The molecule has 2 aliphatic rings. The van der Waals surface area contributed by atoms with E-state index in [-0.39, 0.29) is 0 Å². The van der Waals surface area contributed by atoms with E-state index < -0.39 is 7.14 Å². The number of benzene rings is 6. The van der Waals surface area contributed by atoms with Crippen molar-refractivity contribution in [3.8, 4) is 16.9 Å². The third-order valence-corrected chi connectivity index (χ3v) is 14.0. The molecule has 1 unspecified atom stereocenters. The summed E-state index contributed by atoms with van der Waals surface area (Å²) < 4.78 is 20.6. The van der Waals surface area contributed by atoms with Crippen LogP contribution in [0.2, 0.25) is 0 Å². The van der Waals surface area contributed by atoms with Gasteiger partial charge in [-0.2, -0.15) is 0 Å². The number of anilines is 1. The van der Waals surface area contributed by atoms with Crippen molar-refractivity contribution in [3.63, 3.8) is 0 Å². The van der Waals surface area contributed by atoms with Crippen molar-refractivity contribution in [2.24, 2.45) is 0 Å². The van der Waals surface area contributed by atoms with Crippen LogP contribution in [0, 0.1) is 0 Å². The summed E-state index contributed by atoms with van der Waals surface area (Å²) in [5, 5.41) is 7.33. The first-order valence-electron chi connectivity index (χ1n) is 17.6. The molecule has 0 spiro atoms. The summed E-state index contributed by atoms with van der Waals surface area (Å²) >= 11 is 0. The molecule has 0 amide bonds. The van der Waals surface area contributed by atoms with Crippen molar-refractivity contribution in [3.05, 3.63) is 164 Å². The van der Waals surface area contributed by atoms with Gasteiger partial charge >= 0.3 is 0 Å². The second kappa shape index (κ2) is 10.8. The van der Waals surface area contributed by atoms with Crippen LogP contribution >= 0.6 is 7.14 Å². The molecule has 0 aliphatic carbocycles. The highest BCUT2D eigenvalue weighted by Gasteiger charge is 2.41. The third-order valence-electron chi connectivity index (χ3n) is 10.9. The van der Waals surface area contributed by atoms with E-state index in [1.165, 1.54) is 21.8 Å². The van der Waals surface area contributed by atoms with Crippen LogP contribution < -0.4 is 20.8 Å². The summed E-state index contributed by atoms with van der Waals surface area (Å²) in [4.78, 5) is 9.29. The summed E-state index contributed by atoms with van der Waals surface area (Å²) in [6, 6.07) is 52.7. The van der Waals surface area contributed by atoms with Gasteiger partial charge in [-0.25, -0.2) is 4.98 Å². The van der Waals surface area contributed by atoms with Gasteiger partial charge in [0.1, 0.15) is 11.6 Å². The number of pyridine rings is 1. The van der Waals surface area contributed by atoms with Gasteiger partial charge in [0.05, 0.1) is 28.7 Å². The largest absolute Gasteiger partial charge is 0.341 e. The van der Waals surface area contributed by atoms with E-state index in [0.29, 0.717) is 6.67 Å². The number of rotatable bonds is 4. The zero-order valence-corrected chi connectivity index (χ0v) is 29.3. The molecular formula is C45H32N5OP. The van der Waals surface area contributed by atoms with Gasteiger partial charge in [-0.3, -0.25) is 9.13 Å². The summed E-state index contributed by atoms with van der Waals surface area (Å²) in [5.74, 6) is 1.93. The van der Waals surface area contributed by atoms with Crippen LogP contribution in [0.3, 0.4) is 0 Å². The maximum atomic E-state index is 16.1. The lowest BCUT2D eigenvalue weighted by atomic mass is 10.1. The fourth-order valence-corrected chi connectivity index (χ4v) is 11.7. The SMILES string of the molecule is CN1CN(c2ccc3c(c2)P(=O)(c2ccc4c5ccccc5n(-c5ccccn5)c4c2)c2ccccc2-3)C=C1n1c2ccccc2c2ccccc21. The van der Waals surface area contributed by atoms with Crippen LogP contribution in [0.5, 0.6) is 0 Å². The molecule has 0 fully saturated rings. The number of fused-ring (bicyclic) bond motifs is 9. The minimum absolute atomic E-state index is 0.669. The minimum atomic E-state index is -3.27. The average Bonchev–Trinajstić information content (AvgIpc) is 3.92. The first kappa shape index (κ1) is 29.4. The smallest absolute Gasteiger partial charge is 0.172 e. The van der Waals surface area contributed by atoms with Gasteiger partial charge in [0.2, 0.25) is 0 Å². The van der Waals surface area contributed by atoms with Crippen LogP contribution in [-0.2, 0) is 4.57 Å². The average molecular weight is 690 g/mol. The second-order valence-corrected chi connectivity index (χ2v) is 16.4. The molecular weight excluding hydrogens is 658 g/mol. The van der Waals surface area contributed by atoms with E-state index in [2.05, 4.69) is 154 Å². The topological polar surface area (TPSA) is 46.3 Å². The lowest BCUT2D eigenvalue weighted by Crippen LogP contribution is -2.25. The highest BCUT2D eigenvalue weighted by atomic mass is 31.2. The predicted molar refractivity (Wildman–Crippen MR) is 216 cm³/mol. The highest BCUT2D eigenvalue weighted by molar-refractivity contribution is 7.86. The Morgan fingerprint density at radius 2 is 1.17 bits per heavy atom. The maximum absolute atomic E-state index is 16.1. The lowest BCUT2D eigenvalue weighted by molar-refractivity contribution is 0.498. The van der Waals surface area contributed by atoms with Gasteiger partial charge in [-0.1, -0.05) is 103 Å². The second-order valence-electron chi connectivity index (χ2n) is 13.7. The molecule has 1 atom stereocenters. The Hall–Kier alpha value is -6.36. The van der Waals surface area contributed by atoms with Gasteiger partial charge in [0.25, 0.3) is 0 Å². The van der Waals surface area contributed by atoms with Gasteiger partial charge < -0.3 is 14.4 Å². The fourth-order valence-electron chi connectivity index (χ4n) is 8.59. The molecule has 248 valence electrons. The summed E-state index contributed by atoms with van der Waals surface area (Å²) in [5.41, 5.74) is 7.51. The lowest BCUT2D eigenvalue weighted by Gasteiger charge is -2.22. The van der Waals surface area contributed by atoms with Crippen LogP contribution in [0.15, 0.2) is 164 Å². The standard InChI is InChI=1S/C45H32N5OP/c1-47-29-48(28-45(47)50-39-17-7-3-12-32(39)33-13-4-8-18-40(33)50)30-21-23-37-36-15-5-9-19-42(36)52(51,43(37)26-30)31-22-24-35-34-14-2-6-16-38(34)49(41(35)27-31)44-20-10-11-25-46-44/h2-28H,29H2,1H3.